The van der Waals surface area contributed by atoms with E-state index in [1.54, 1.807) is 0 Å². The second-order valence-electron chi connectivity index (χ2n) is 6.03. The van der Waals surface area contributed by atoms with Crippen LogP contribution in [0.1, 0.15) is 51.9 Å². The van der Waals surface area contributed by atoms with E-state index in [9.17, 15) is 9.59 Å². The van der Waals surface area contributed by atoms with Gasteiger partial charge in [-0.05, 0) is 38.0 Å². The molecule has 0 aromatic carbocycles. The van der Waals surface area contributed by atoms with E-state index < -0.39 is 5.97 Å². The van der Waals surface area contributed by atoms with Gasteiger partial charge in [0.2, 0.25) is 0 Å². The van der Waals surface area contributed by atoms with Gasteiger partial charge in [-0.2, -0.15) is 0 Å². The minimum Gasteiger partial charge on any atom is -0.481 e. The first-order valence-corrected chi connectivity index (χ1v) is 7.36. The van der Waals surface area contributed by atoms with Crippen molar-refractivity contribution >= 4 is 12.0 Å². The molecule has 4 unspecified atom stereocenters. The highest BCUT2D eigenvalue weighted by Crippen LogP contribution is 2.26. The summed E-state index contributed by atoms with van der Waals surface area (Å²) < 4.78 is 0. The van der Waals surface area contributed by atoms with Crippen LogP contribution in [0.25, 0.3) is 0 Å². The van der Waals surface area contributed by atoms with E-state index in [1.165, 1.54) is 12.8 Å². The van der Waals surface area contributed by atoms with Crippen molar-refractivity contribution in [3.05, 3.63) is 0 Å². The molecule has 2 aliphatic carbocycles. The van der Waals surface area contributed by atoms with Crippen LogP contribution in [0.2, 0.25) is 0 Å². The Bertz CT molecular complexity index is 346. The molecule has 0 radical (unpaired) electrons. The molecule has 2 amide bonds. The van der Waals surface area contributed by atoms with Gasteiger partial charge in [0.15, 0.2) is 0 Å². The van der Waals surface area contributed by atoms with Gasteiger partial charge in [0.05, 0.1) is 5.92 Å². The van der Waals surface area contributed by atoms with Crippen molar-refractivity contribution in [3.63, 3.8) is 0 Å². The summed E-state index contributed by atoms with van der Waals surface area (Å²) in [5, 5.41) is 15.0. The van der Waals surface area contributed by atoms with Crippen molar-refractivity contribution in [1.82, 2.24) is 10.6 Å². The van der Waals surface area contributed by atoms with E-state index in [0.717, 1.165) is 25.7 Å². The third kappa shape index (κ3) is 3.85. The second kappa shape index (κ2) is 6.26. The number of hydrogen-bond acceptors (Lipinski definition) is 2. The zero-order valence-corrected chi connectivity index (χ0v) is 11.5. The Hall–Kier alpha value is -1.26. The van der Waals surface area contributed by atoms with E-state index in [0.29, 0.717) is 12.3 Å². The zero-order valence-electron chi connectivity index (χ0n) is 11.5. The third-order valence-electron chi connectivity index (χ3n) is 4.54. The van der Waals surface area contributed by atoms with Crippen LogP contribution in [-0.2, 0) is 4.79 Å². The van der Waals surface area contributed by atoms with E-state index in [-0.39, 0.29) is 24.0 Å². The maximum atomic E-state index is 11.9. The summed E-state index contributed by atoms with van der Waals surface area (Å²) in [7, 11) is 0. The van der Waals surface area contributed by atoms with Crippen molar-refractivity contribution < 1.29 is 14.7 Å². The molecule has 2 fully saturated rings. The molecule has 0 aliphatic heterocycles. The van der Waals surface area contributed by atoms with Crippen LogP contribution in [0.15, 0.2) is 0 Å². The molecule has 0 heterocycles. The third-order valence-corrected chi connectivity index (χ3v) is 4.54. The lowest BCUT2D eigenvalue weighted by Crippen LogP contribution is -2.48. The smallest absolute Gasteiger partial charge is 0.315 e. The zero-order chi connectivity index (χ0) is 13.8. The number of amides is 2. The summed E-state index contributed by atoms with van der Waals surface area (Å²) in [5.41, 5.74) is 0. The van der Waals surface area contributed by atoms with E-state index >= 15 is 0 Å². The molecule has 2 rings (SSSR count). The molecule has 0 aromatic rings. The summed E-state index contributed by atoms with van der Waals surface area (Å²) in [5.74, 6) is -0.496. The van der Waals surface area contributed by atoms with Crippen LogP contribution in [0.5, 0.6) is 0 Å². The lowest BCUT2D eigenvalue weighted by atomic mass is 9.86. The first kappa shape index (κ1) is 14.2. The molecule has 108 valence electrons. The van der Waals surface area contributed by atoms with Gasteiger partial charge in [-0.15, -0.1) is 0 Å². The molecule has 5 nitrogen and oxygen atoms in total. The normalized spacial score (nSPS) is 34.8. The first-order chi connectivity index (χ1) is 9.06. The van der Waals surface area contributed by atoms with Gasteiger partial charge in [0, 0.05) is 12.1 Å². The maximum absolute atomic E-state index is 11.9. The Labute approximate surface area is 114 Å². The van der Waals surface area contributed by atoms with Gasteiger partial charge >= 0.3 is 12.0 Å². The Morgan fingerprint density at radius 3 is 2.42 bits per heavy atom. The van der Waals surface area contributed by atoms with Crippen molar-refractivity contribution in [2.45, 2.75) is 64.0 Å². The molecular weight excluding hydrogens is 244 g/mol. The summed E-state index contributed by atoms with van der Waals surface area (Å²) in [6.07, 6.45) is 6.46. The standard InChI is InChI=1S/C14H24N2O3/c1-9-4-2-7-12(9)16-14(19)15-11-6-3-5-10(8-11)13(17)18/h9-12H,2-8H2,1H3,(H,17,18)(H2,15,16,19). The quantitative estimate of drug-likeness (QED) is 0.733. The van der Waals surface area contributed by atoms with Crippen LogP contribution in [0.4, 0.5) is 4.79 Å². The molecule has 5 heteroatoms. The van der Waals surface area contributed by atoms with E-state index in [4.69, 9.17) is 5.11 Å². The Kier molecular flexibility index (Phi) is 4.66. The predicted octanol–water partition coefficient (Wildman–Crippen LogP) is 2.12. The summed E-state index contributed by atoms with van der Waals surface area (Å²) in [6.45, 7) is 2.17. The highest BCUT2D eigenvalue weighted by Gasteiger charge is 2.29. The number of carbonyl (C=O) groups excluding carboxylic acids is 1. The fraction of sp³-hybridized carbons (Fsp3) is 0.857. The van der Waals surface area contributed by atoms with Gasteiger partial charge in [0.1, 0.15) is 0 Å². The number of carboxylic acids is 1. The van der Waals surface area contributed by atoms with Gasteiger partial charge in [-0.25, -0.2) is 4.79 Å². The number of rotatable bonds is 3. The molecule has 0 spiro atoms. The number of carboxylic acid groups (broad SMARTS) is 1. The summed E-state index contributed by atoms with van der Waals surface area (Å²) in [6, 6.07) is 0.153. The van der Waals surface area contributed by atoms with Crippen LogP contribution in [-0.4, -0.2) is 29.2 Å². The molecule has 19 heavy (non-hydrogen) atoms. The average molecular weight is 268 g/mol. The molecule has 4 atom stereocenters. The second-order valence-corrected chi connectivity index (χ2v) is 6.03. The molecule has 2 aliphatic rings. The van der Waals surface area contributed by atoms with E-state index in [1.807, 2.05) is 0 Å². The largest absolute Gasteiger partial charge is 0.481 e. The number of hydrogen-bond donors (Lipinski definition) is 3. The minimum atomic E-state index is -0.740. The predicted molar refractivity (Wildman–Crippen MR) is 71.9 cm³/mol. The Balaban J connectivity index is 1.77. The van der Waals surface area contributed by atoms with Crippen LogP contribution < -0.4 is 10.6 Å². The fourth-order valence-electron chi connectivity index (χ4n) is 3.30. The minimum absolute atomic E-state index is 0.00607. The van der Waals surface area contributed by atoms with Gasteiger partial charge in [-0.1, -0.05) is 19.8 Å². The molecule has 2 saturated carbocycles. The van der Waals surface area contributed by atoms with Gasteiger partial charge in [0.25, 0.3) is 0 Å². The summed E-state index contributed by atoms with van der Waals surface area (Å²) in [4.78, 5) is 22.9. The topological polar surface area (TPSA) is 78.4 Å². The first-order valence-electron chi connectivity index (χ1n) is 7.36. The number of nitrogens with one attached hydrogen (secondary N) is 2. The van der Waals surface area contributed by atoms with Crippen molar-refractivity contribution in [2.24, 2.45) is 11.8 Å². The molecule has 0 aromatic heterocycles. The Morgan fingerprint density at radius 2 is 1.79 bits per heavy atom. The number of aliphatic carboxylic acids is 1. The van der Waals surface area contributed by atoms with Gasteiger partial charge in [-0.3, -0.25) is 4.79 Å². The highest BCUT2D eigenvalue weighted by atomic mass is 16.4. The Morgan fingerprint density at radius 1 is 1.05 bits per heavy atom. The molecular formula is C14H24N2O3. The van der Waals surface area contributed by atoms with E-state index in [2.05, 4.69) is 17.6 Å². The monoisotopic (exact) mass is 268 g/mol. The summed E-state index contributed by atoms with van der Waals surface area (Å²) >= 11 is 0. The SMILES string of the molecule is CC1CCCC1NC(=O)NC1CCCC(C(=O)O)C1. The highest BCUT2D eigenvalue weighted by molar-refractivity contribution is 5.75. The average Bonchev–Trinajstić information content (AvgIpc) is 2.75. The molecule has 0 saturated heterocycles. The fourth-order valence-corrected chi connectivity index (χ4v) is 3.30. The van der Waals surface area contributed by atoms with Crippen molar-refractivity contribution in [2.75, 3.05) is 0 Å². The van der Waals surface area contributed by atoms with Gasteiger partial charge < -0.3 is 15.7 Å². The van der Waals surface area contributed by atoms with Crippen molar-refractivity contribution in [1.29, 1.82) is 0 Å². The molecule has 0 bridgehead atoms. The lowest BCUT2D eigenvalue weighted by Gasteiger charge is -2.28. The van der Waals surface area contributed by atoms with Crippen molar-refractivity contribution in [3.8, 4) is 0 Å². The van der Waals surface area contributed by atoms with Crippen LogP contribution in [0, 0.1) is 11.8 Å². The van der Waals surface area contributed by atoms with Crippen LogP contribution in [0.3, 0.4) is 0 Å². The number of urea groups is 1. The maximum Gasteiger partial charge on any atom is 0.315 e. The lowest BCUT2D eigenvalue weighted by molar-refractivity contribution is -0.143. The van der Waals surface area contributed by atoms with Crippen LogP contribution >= 0.6 is 0 Å². The number of carbonyl (C=O) groups is 2. The molecule has 3 N–H and O–H groups in total.